The molecule has 0 atom stereocenters. The highest BCUT2D eigenvalue weighted by Gasteiger charge is 2.18. The average Bonchev–Trinajstić information content (AvgIpc) is 2.32. The zero-order valence-corrected chi connectivity index (χ0v) is 9.51. The van der Waals surface area contributed by atoms with E-state index in [0.717, 1.165) is 12.1 Å². The normalized spacial score (nSPS) is 10.4. The zero-order chi connectivity index (χ0) is 13.3. The van der Waals surface area contributed by atoms with Gasteiger partial charge in [-0.2, -0.15) is 0 Å². The molecular weight excluding hydrogens is 241 g/mol. The van der Waals surface area contributed by atoms with Gasteiger partial charge in [0.05, 0.1) is 5.56 Å². The number of ketones is 1. The molecule has 0 saturated heterocycles. The molecule has 1 nitrogen and oxygen atoms in total. The van der Waals surface area contributed by atoms with Crippen molar-refractivity contribution in [2.24, 2.45) is 0 Å². The Bertz CT molecular complexity index is 620. The van der Waals surface area contributed by atoms with Crippen molar-refractivity contribution in [2.75, 3.05) is 0 Å². The van der Waals surface area contributed by atoms with E-state index < -0.39 is 23.2 Å². The van der Waals surface area contributed by atoms with Gasteiger partial charge in [-0.25, -0.2) is 13.2 Å². The number of halogens is 3. The van der Waals surface area contributed by atoms with Crippen molar-refractivity contribution in [3.05, 3.63) is 70.5 Å². The van der Waals surface area contributed by atoms with Crippen LogP contribution in [0.1, 0.15) is 21.5 Å². The maximum atomic E-state index is 13.5. The Balaban J connectivity index is 2.51. The van der Waals surface area contributed by atoms with Crippen LogP contribution in [0, 0.1) is 24.4 Å². The van der Waals surface area contributed by atoms with Gasteiger partial charge >= 0.3 is 0 Å². The van der Waals surface area contributed by atoms with E-state index in [1.807, 2.05) is 0 Å². The molecular formula is C14H9F3O. The summed E-state index contributed by atoms with van der Waals surface area (Å²) in [7, 11) is 0. The third kappa shape index (κ3) is 2.14. The van der Waals surface area contributed by atoms with Crippen LogP contribution in [0.2, 0.25) is 0 Å². The van der Waals surface area contributed by atoms with Crippen LogP contribution in [0.15, 0.2) is 36.4 Å². The molecule has 2 aromatic carbocycles. The number of hydrogen-bond acceptors (Lipinski definition) is 1. The van der Waals surface area contributed by atoms with Gasteiger partial charge < -0.3 is 0 Å². The fourth-order valence-corrected chi connectivity index (χ4v) is 1.71. The van der Waals surface area contributed by atoms with Gasteiger partial charge in [-0.15, -0.1) is 0 Å². The number of aryl methyl sites for hydroxylation is 1. The molecule has 0 radical (unpaired) electrons. The van der Waals surface area contributed by atoms with Gasteiger partial charge in [0, 0.05) is 5.56 Å². The number of rotatable bonds is 2. The fourth-order valence-electron chi connectivity index (χ4n) is 1.71. The van der Waals surface area contributed by atoms with Crippen molar-refractivity contribution < 1.29 is 18.0 Å². The SMILES string of the molecule is Cc1cc(F)ccc1C(=O)c1cccc(F)c1F. The van der Waals surface area contributed by atoms with Gasteiger partial charge in [-0.1, -0.05) is 6.07 Å². The molecule has 0 aliphatic rings. The number of carbonyl (C=O) groups excluding carboxylic acids is 1. The number of benzene rings is 2. The predicted octanol–water partition coefficient (Wildman–Crippen LogP) is 3.64. The van der Waals surface area contributed by atoms with E-state index in [4.69, 9.17) is 0 Å². The highest BCUT2D eigenvalue weighted by atomic mass is 19.2. The first-order valence-corrected chi connectivity index (χ1v) is 5.25. The second-order valence-corrected chi connectivity index (χ2v) is 3.89. The van der Waals surface area contributed by atoms with Crippen molar-refractivity contribution in [2.45, 2.75) is 6.92 Å². The Morgan fingerprint density at radius 3 is 2.39 bits per heavy atom. The summed E-state index contributed by atoms with van der Waals surface area (Å²) in [5.74, 6) is -3.42. The zero-order valence-electron chi connectivity index (χ0n) is 9.51. The maximum Gasteiger partial charge on any atom is 0.196 e. The second-order valence-electron chi connectivity index (χ2n) is 3.89. The summed E-state index contributed by atoms with van der Waals surface area (Å²) in [4.78, 5) is 12.0. The summed E-state index contributed by atoms with van der Waals surface area (Å²) < 4.78 is 39.4. The summed E-state index contributed by atoms with van der Waals surface area (Å²) in [5.41, 5.74) is 0.175. The van der Waals surface area contributed by atoms with E-state index in [2.05, 4.69) is 0 Å². The van der Waals surface area contributed by atoms with E-state index in [9.17, 15) is 18.0 Å². The Hall–Kier alpha value is -2.10. The van der Waals surface area contributed by atoms with Gasteiger partial charge in [-0.3, -0.25) is 4.79 Å². The second kappa shape index (κ2) is 4.64. The first-order chi connectivity index (χ1) is 8.50. The molecule has 4 heteroatoms. The molecule has 0 bridgehead atoms. The van der Waals surface area contributed by atoms with E-state index in [0.29, 0.717) is 5.56 Å². The minimum Gasteiger partial charge on any atom is -0.288 e. The predicted molar refractivity (Wildman–Crippen MR) is 60.9 cm³/mol. The highest BCUT2D eigenvalue weighted by molar-refractivity contribution is 6.10. The minimum atomic E-state index is -1.19. The Kier molecular flexibility index (Phi) is 3.19. The number of carbonyl (C=O) groups is 1. The minimum absolute atomic E-state index is 0.154. The molecule has 0 saturated carbocycles. The summed E-state index contributed by atoms with van der Waals surface area (Å²) in [6.07, 6.45) is 0. The highest BCUT2D eigenvalue weighted by Crippen LogP contribution is 2.19. The van der Waals surface area contributed by atoms with Crippen molar-refractivity contribution in [1.29, 1.82) is 0 Å². The molecule has 0 heterocycles. The van der Waals surface area contributed by atoms with E-state index in [1.54, 1.807) is 0 Å². The fraction of sp³-hybridized carbons (Fsp3) is 0.0714. The first-order valence-electron chi connectivity index (χ1n) is 5.25. The molecule has 2 aromatic rings. The maximum absolute atomic E-state index is 13.5. The van der Waals surface area contributed by atoms with Gasteiger partial charge in [0.15, 0.2) is 17.4 Å². The summed E-state index contributed by atoms with van der Waals surface area (Å²) >= 11 is 0. The lowest BCUT2D eigenvalue weighted by molar-refractivity contribution is 0.103. The number of hydrogen-bond donors (Lipinski definition) is 0. The van der Waals surface area contributed by atoms with E-state index in [-0.39, 0.29) is 11.1 Å². The van der Waals surface area contributed by atoms with Crippen LogP contribution < -0.4 is 0 Å². The molecule has 0 unspecified atom stereocenters. The standard InChI is InChI=1S/C14H9F3O/c1-8-7-9(15)5-6-10(8)14(18)11-3-2-4-12(16)13(11)17/h2-7H,1H3. The van der Waals surface area contributed by atoms with Crippen molar-refractivity contribution >= 4 is 5.78 Å². The quantitative estimate of drug-likeness (QED) is 0.743. The molecule has 2 rings (SSSR count). The smallest absolute Gasteiger partial charge is 0.196 e. The molecule has 92 valence electrons. The van der Waals surface area contributed by atoms with Crippen LogP contribution in [-0.4, -0.2) is 5.78 Å². The van der Waals surface area contributed by atoms with Gasteiger partial charge in [0.1, 0.15) is 5.82 Å². The summed E-state index contributed by atoms with van der Waals surface area (Å²) in [6.45, 7) is 1.54. The van der Waals surface area contributed by atoms with Gasteiger partial charge in [0.2, 0.25) is 0 Å². The lowest BCUT2D eigenvalue weighted by atomic mass is 9.98. The molecule has 0 amide bonds. The third-order valence-corrected chi connectivity index (χ3v) is 2.63. The average molecular weight is 250 g/mol. The topological polar surface area (TPSA) is 17.1 Å². The summed E-state index contributed by atoms with van der Waals surface area (Å²) in [6, 6.07) is 6.93. The van der Waals surface area contributed by atoms with Crippen LogP contribution >= 0.6 is 0 Å². The van der Waals surface area contributed by atoms with Crippen molar-refractivity contribution in [1.82, 2.24) is 0 Å². The monoisotopic (exact) mass is 250 g/mol. The largest absolute Gasteiger partial charge is 0.288 e. The van der Waals surface area contributed by atoms with Gasteiger partial charge in [0.25, 0.3) is 0 Å². The molecule has 0 spiro atoms. The Morgan fingerprint density at radius 2 is 1.72 bits per heavy atom. The van der Waals surface area contributed by atoms with E-state index in [1.165, 1.54) is 31.2 Å². The van der Waals surface area contributed by atoms with Crippen molar-refractivity contribution in [3.63, 3.8) is 0 Å². The lowest BCUT2D eigenvalue weighted by Gasteiger charge is -2.06. The Morgan fingerprint density at radius 1 is 1.00 bits per heavy atom. The van der Waals surface area contributed by atoms with Crippen LogP contribution in [0.5, 0.6) is 0 Å². The van der Waals surface area contributed by atoms with Crippen molar-refractivity contribution in [3.8, 4) is 0 Å². The molecule has 0 N–H and O–H groups in total. The Labute approximate surface area is 102 Å². The van der Waals surface area contributed by atoms with E-state index >= 15 is 0 Å². The first kappa shape index (κ1) is 12.4. The molecule has 0 aliphatic carbocycles. The third-order valence-electron chi connectivity index (χ3n) is 2.63. The molecule has 0 fully saturated rings. The van der Waals surface area contributed by atoms with Crippen LogP contribution in [-0.2, 0) is 0 Å². The molecule has 0 aromatic heterocycles. The van der Waals surface area contributed by atoms with Crippen LogP contribution in [0.3, 0.4) is 0 Å². The lowest BCUT2D eigenvalue weighted by Crippen LogP contribution is -2.07. The van der Waals surface area contributed by atoms with Crippen LogP contribution in [0.25, 0.3) is 0 Å². The van der Waals surface area contributed by atoms with Crippen LogP contribution in [0.4, 0.5) is 13.2 Å². The summed E-state index contributed by atoms with van der Waals surface area (Å²) in [5, 5.41) is 0. The van der Waals surface area contributed by atoms with Gasteiger partial charge in [-0.05, 0) is 42.8 Å². The molecule has 0 aliphatic heterocycles. The molecule has 18 heavy (non-hydrogen) atoms.